The summed E-state index contributed by atoms with van der Waals surface area (Å²) in [4.78, 5) is 13.0. The Morgan fingerprint density at radius 1 is 1.48 bits per heavy atom. The van der Waals surface area contributed by atoms with Crippen molar-refractivity contribution in [1.29, 1.82) is 0 Å². The van der Waals surface area contributed by atoms with Crippen LogP contribution in [0.25, 0.3) is 10.1 Å². The van der Waals surface area contributed by atoms with Crippen LogP contribution in [0.5, 0.6) is 0 Å². The Morgan fingerprint density at radius 3 is 2.90 bits per heavy atom. The van der Waals surface area contributed by atoms with E-state index in [-0.39, 0.29) is 11.9 Å². The number of nitrogens with two attached hydrogens (primary N) is 1. The van der Waals surface area contributed by atoms with Crippen molar-refractivity contribution in [3.63, 3.8) is 0 Å². The Balaban J connectivity index is 1.74. The van der Waals surface area contributed by atoms with Crippen LogP contribution in [-0.4, -0.2) is 24.7 Å². The van der Waals surface area contributed by atoms with E-state index >= 15 is 0 Å². The number of thiophene rings is 1. The summed E-state index contributed by atoms with van der Waals surface area (Å²) < 4.78 is 6.61. The molecule has 1 aromatic heterocycles. The second-order valence-electron chi connectivity index (χ2n) is 5.52. The van der Waals surface area contributed by atoms with Crippen molar-refractivity contribution in [2.45, 2.75) is 38.8 Å². The van der Waals surface area contributed by atoms with Gasteiger partial charge in [0.15, 0.2) is 0 Å². The summed E-state index contributed by atoms with van der Waals surface area (Å²) in [5.74, 6) is -0.0620. The second-order valence-corrected chi connectivity index (χ2v) is 6.54. The van der Waals surface area contributed by atoms with E-state index in [1.165, 1.54) is 11.3 Å². The standard InChI is InChI=1S/C16H20N2O2S/c1-3-20-11-7-10(8-11)18-16(19)15-13(17)12-6-4-5-9(2)14(12)21-15/h4-6,10-11H,3,7-8,17H2,1-2H3,(H,18,19). The number of hydrogen-bond acceptors (Lipinski definition) is 4. The topological polar surface area (TPSA) is 64.3 Å². The van der Waals surface area contributed by atoms with E-state index in [0.29, 0.717) is 16.7 Å². The first-order valence-electron chi connectivity index (χ1n) is 7.30. The molecule has 2 aromatic rings. The van der Waals surface area contributed by atoms with Crippen LogP contribution in [0.15, 0.2) is 18.2 Å². The van der Waals surface area contributed by atoms with E-state index < -0.39 is 0 Å². The molecule has 1 aromatic carbocycles. The maximum Gasteiger partial charge on any atom is 0.263 e. The van der Waals surface area contributed by atoms with Crippen molar-refractivity contribution < 1.29 is 9.53 Å². The van der Waals surface area contributed by atoms with Gasteiger partial charge < -0.3 is 15.8 Å². The summed E-state index contributed by atoms with van der Waals surface area (Å²) in [6.45, 7) is 4.76. The molecule has 1 saturated carbocycles. The quantitative estimate of drug-likeness (QED) is 0.912. The van der Waals surface area contributed by atoms with E-state index in [0.717, 1.165) is 35.1 Å². The third-order valence-electron chi connectivity index (χ3n) is 3.99. The van der Waals surface area contributed by atoms with E-state index in [1.807, 2.05) is 32.0 Å². The smallest absolute Gasteiger partial charge is 0.263 e. The lowest BCUT2D eigenvalue weighted by atomic mass is 9.89. The molecule has 3 N–H and O–H groups in total. The molecule has 0 saturated heterocycles. The van der Waals surface area contributed by atoms with Crippen molar-refractivity contribution in [2.75, 3.05) is 12.3 Å². The molecule has 0 bridgehead atoms. The molecule has 1 heterocycles. The number of carbonyl (C=O) groups is 1. The number of ether oxygens (including phenoxy) is 1. The first kappa shape index (κ1) is 14.4. The highest BCUT2D eigenvalue weighted by Gasteiger charge is 2.31. The Hall–Kier alpha value is -1.59. The Bertz CT molecular complexity index is 674. The molecular weight excluding hydrogens is 284 g/mol. The van der Waals surface area contributed by atoms with Gasteiger partial charge in [0.2, 0.25) is 0 Å². The van der Waals surface area contributed by atoms with Gasteiger partial charge in [0.1, 0.15) is 4.88 Å². The van der Waals surface area contributed by atoms with Gasteiger partial charge in [-0.25, -0.2) is 0 Å². The molecule has 1 aliphatic carbocycles. The summed E-state index contributed by atoms with van der Waals surface area (Å²) in [6.07, 6.45) is 2.08. The average molecular weight is 304 g/mol. The third-order valence-corrected chi connectivity index (χ3v) is 5.34. The van der Waals surface area contributed by atoms with Gasteiger partial charge in [0.25, 0.3) is 5.91 Å². The van der Waals surface area contributed by atoms with E-state index in [1.54, 1.807) is 0 Å². The number of nitrogens with one attached hydrogen (secondary N) is 1. The second kappa shape index (κ2) is 5.66. The number of nitrogen functional groups attached to an aromatic ring is 1. The number of benzene rings is 1. The molecule has 112 valence electrons. The van der Waals surface area contributed by atoms with Crippen molar-refractivity contribution in [2.24, 2.45) is 0 Å². The van der Waals surface area contributed by atoms with Crippen molar-refractivity contribution in [3.05, 3.63) is 28.6 Å². The minimum atomic E-state index is -0.0620. The molecule has 1 aliphatic rings. The maximum atomic E-state index is 12.4. The van der Waals surface area contributed by atoms with Gasteiger partial charge in [0, 0.05) is 22.7 Å². The number of anilines is 1. The van der Waals surface area contributed by atoms with Gasteiger partial charge in [-0.1, -0.05) is 18.2 Å². The highest BCUT2D eigenvalue weighted by molar-refractivity contribution is 7.21. The molecule has 0 radical (unpaired) electrons. The normalized spacial score (nSPS) is 21.2. The molecule has 0 aliphatic heterocycles. The number of rotatable bonds is 4. The van der Waals surface area contributed by atoms with E-state index in [9.17, 15) is 4.79 Å². The lowest BCUT2D eigenvalue weighted by molar-refractivity contribution is -0.00858. The predicted octanol–water partition coefficient (Wildman–Crippen LogP) is 3.09. The number of fused-ring (bicyclic) bond motifs is 1. The Labute approximate surface area is 128 Å². The van der Waals surface area contributed by atoms with Gasteiger partial charge in [-0.05, 0) is 32.3 Å². The fraction of sp³-hybridized carbons (Fsp3) is 0.438. The van der Waals surface area contributed by atoms with Crippen LogP contribution in [0.4, 0.5) is 5.69 Å². The van der Waals surface area contributed by atoms with Gasteiger partial charge in [-0.15, -0.1) is 11.3 Å². The molecule has 3 rings (SSSR count). The third kappa shape index (κ3) is 2.63. The zero-order valence-corrected chi connectivity index (χ0v) is 13.1. The maximum absolute atomic E-state index is 12.4. The van der Waals surface area contributed by atoms with Crippen LogP contribution in [0.3, 0.4) is 0 Å². The summed E-state index contributed by atoms with van der Waals surface area (Å²) >= 11 is 1.48. The van der Waals surface area contributed by atoms with Gasteiger partial charge in [-0.3, -0.25) is 4.79 Å². The van der Waals surface area contributed by atoms with Crippen LogP contribution in [0.1, 0.15) is 35.0 Å². The van der Waals surface area contributed by atoms with Crippen molar-refractivity contribution in [3.8, 4) is 0 Å². The van der Waals surface area contributed by atoms with Crippen LogP contribution in [0.2, 0.25) is 0 Å². The van der Waals surface area contributed by atoms with E-state index in [4.69, 9.17) is 10.5 Å². The van der Waals surface area contributed by atoms with Gasteiger partial charge in [0.05, 0.1) is 11.8 Å². The molecule has 5 heteroatoms. The van der Waals surface area contributed by atoms with Crippen molar-refractivity contribution in [1.82, 2.24) is 5.32 Å². The number of aryl methyl sites for hydroxylation is 1. The highest BCUT2D eigenvalue weighted by Crippen LogP contribution is 2.36. The minimum Gasteiger partial charge on any atom is -0.397 e. The first-order valence-corrected chi connectivity index (χ1v) is 8.11. The van der Waals surface area contributed by atoms with Crippen LogP contribution in [-0.2, 0) is 4.74 Å². The molecule has 1 fully saturated rings. The molecular formula is C16H20N2O2S. The number of hydrogen-bond donors (Lipinski definition) is 2. The Morgan fingerprint density at radius 2 is 2.24 bits per heavy atom. The SMILES string of the molecule is CCOC1CC(NC(=O)c2sc3c(C)cccc3c2N)C1. The lowest BCUT2D eigenvalue weighted by Gasteiger charge is -2.35. The summed E-state index contributed by atoms with van der Waals surface area (Å²) in [6, 6.07) is 6.19. The van der Waals surface area contributed by atoms with Crippen LogP contribution >= 0.6 is 11.3 Å². The summed E-state index contributed by atoms with van der Waals surface area (Å²) in [5, 5.41) is 4.03. The fourth-order valence-electron chi connectivity index (χ4n) is 2.75. The number of carbonyl (C=O) groups excluding carboxylic acids is 1. The van der Waals surface area contributed by atoms with Crippen molar-refractivity contribution >= 4 is 33.0 Å². The first-order chi connectivity index (χ1) is 10.1. The zero-order chi connectivity index (χ0) is 15.0. The molecule has 0 spiro atoms. The Kier molecular flexibility index (Phi) is 3.87. The molecule has 1 amide bonds. The predicted molar refractivity (Wildman–Crippen MR) is 86.9 cm³/mol. The van der Waals surface area contributed by atoms with Crippen LogP contribution in [0, 0.1) is 6.92 Å². The molecule has 0 unspecified atom stereocenters. The van der Waals surface area contributed by atoms with Gasteiger partial charge in [-0.2, -0.15) is 0 Å². The zero-order valence-electron chi connectivity index (χ0n) is 12.3. The largest absolute Gasteiger partial charge is 0.397 e. The summed E-state index contributed by atoms with van der Waals surface area (Å²) in [7, 11) is 0. The van der Waals surface area contributed by atoms with E-state index in [2.05, 4.69) is 5.32 Å². The minimum absolute atomic E-state index is 0.0620. The number of amides is 1. The monoisotopic (exact) mass is 304 g/mol. The summed E-state index contributed by atoms with van der Waals surface area (Å²) in [5.41, 5.74) is 7.89. The molecule has 0 atom stereocenters. The van der Waals surface area contributed by atoms with Gasteiger partial charge >= 0.3 is 0 Å². The molecule has 21 heavy (non-hydrogen) atoms. The highest BCUT2D eigenvalue weighted by atomic mass is 32.1. The fourth-order valence-corrected chi connectivity index (χ4v) is 3.85. The lowest BCUT2D eigenvalue weighted by Crippen LogP contribution is -2.47. The molecule has 4 nitrogen and oxygen atoms in total. The average Bonchev–Trinajstić information content (AvgIpc) is 2.76. The van der Waals surface area contributed by atoms with Crippen LogP contribution < -0.4 is 11.1 Å².